The fourth-order valence-corrected chi connectivity index (χ4v) is 2.28. The average molecular weight is 438 g/mol. The molecule has 0 aliphatic carbocycles. The zero-order chi connectivity index (χ0) is 23.2. The number of hydrogen-bond donors (Lipinski definition) is 4. The van der Waals surface area contributed by atoms with Gasteiger partial charge in [-0.25, -0.2) is 9.67 Å². The molecule has 0 aliphatic heterocycles. The van der Waals surface area contributed by atoms with E-state index in [4.69, 9.17) is 10.8 Å². The minimum absolute atomic E-state index is 0.212. The zero-order valence-corrected chi connectivity index (χ0v) is 15.7. The Morgan fingerprint density at radius 2 is 1.77 bits per heavy atom. The van der Waals surface area contributed by atoms with Crippen molar-refractivity contribution >= 4 is 11.9 Å². The molecule has 1 aromatic carbocycles. The Hall–Kier alpha value is -4.00. The molecule has 0 bridgehead atoms. The van der Waals surface area contributed by atoms with E-state index in [1.54, 1.807) is 0 Å². The number of rotatable bonds is 5. The minimum atomic E-state index is -4.38. The van der Waals surface area contributed by atoms with Crippen LogP contribution in [0.25, 0.3) is 11.3 Å². The van der Waals surface area contributed by atoms with Crippen LogP contribution in [0, 0.1) is 0 Å². The molecule has 0 aliphatic rings. The highest BCUT2D eigenvalue weighted by molar-refractivity contribution is 5.93. The summed E-state index contributed by atoms with van der Waals surface area (Å²) in [4.78, 5) is 24.1. The van der Waals surface area contributed by atoms with E-state index in [1.165, 1.54) is 35.3 Å². The highest BCUT2D eigenvalue weighted by atomic mass is 19.4. The van der Waals surface area contributed by atoms with E-state index in [1.807, 2.05) is 0 Å². The Morgan fingerprint density at radius 3 is 2.26 bits per heavy atom. The summed E-state index contributed by atoms with van der Waals surface area (Å²) in [7, 11) is 0. The number of aromatic nitrogens is 4. The lowest BCUT2D eigenvalue weighted by Gasteiger charge is -2.07. The number of amides is 1. The maximum Gasteiger partial charge on any atom is 0.416 e. The molecule has 1 amide bonds. The summed E-state index contributed by atoms with van der Waals surface area (Å²) in [6.45, 7) is -0.0656. The molecule has 0 saturated carbocycles. The maximum absolute atomic E-state index is 12.6. The van der Waals surface area contributed by atoms with Gasteiger partial charge in [-0.1, -0.05) is 17.3 Å². The van der Waals surface area contributed by atoms with E-state index < -0.39 is 23.6 Å². The molecule has 0 saturated heterocycles. The van der Waals surface area contributed by atoms with Crippen molar-refractivity contribution in [2.75, 3.05) is 6.54 Å². The Labute approximate surface area is 172 Å². The number of carboxylic acids is 1. The molecule has 0 atom stereocenters. The van der Waals surface area contributed by atoms with Crippen LogP contribution in [-0.2, 0) is 17.5 Å². The van der Waals surface area contributed by atoms with Gasteiger partial charge in [0, 0.05) is 11.8 Å². The van der Waals surface area contributed by atoms with E-state index in [0.717, 1.165) is 12.1 Å². The summed E-state index contributed by atoms with van der Waals surface area (Å²) in [5.74, 6) is -2.21. The van der Waals surface area contributed by atoms with E-state index in [2.05, 4.69) is 21.0 Å². The first-order chi connectivity index (χ1) is 14.5. The first kappa shape index (κ1) is 23.3. The number of primary amides is 1. The third kappa shape index (κ3) is 6.50. The molecular weight excluding hydrogens is 421 g/mol. The third-order valence-corrected chi connectivity index (χ3v) is 3.74. The van der Waals surface area contributed by atoms with Gasteiger partial charge in [0.15, 0.2) is 5.69 Å². The highest BCUT2D eigenvalue weighted by Crippen LogP contribution is 2.29. The molecule has 164 valence electrons. The van der Waals surface area contributed by atoms with Gasteiger partial charge in [-0.2, -0.15) is 13.2 Å². The number of pyridine rings is 1. The largest absolute Gasteiger partial charge is 0.505 e. The van der Waals surface area contributed by atoms with Crippen molar-refractivity contribution in [2.45, 2.75) is 12.7 Å². The smallest absolute Gasteiger partial charge is 0.416 e. The van der Waals surface area contributed by atoms with Crippen LogP contribution in [0.1, 0.15) is 21.6 Å². The fraction of sp³-hybridized carbons (Fsp3) is 0.167. The molecule has 10 nitrogen and oxygen atoms in total. The molecule has 0 fully saturated rings. The van der Waals surface area contributed by atoms with Crippen LogP contribution >= 0.6 is 0 Å². The number of hydrogen-bond acceptors (Lipinski definition) is 7. The van der Waals surface area contributed by atoms with Crippen molar-refractivity contribution in [1.29, 1.82) is 0 Å². The number of carbonyl (C=O) groups is 2. The van der Waals surface area contributed by atoms with E-state index in [9.17, 15) is 27.9 Å². The SMILES string of the molecule is NC(=O)c1ncc(-c2cn(Cc3ccc(C(F)(F)F)cc3)nn2)cc1O.NCC(=O)O. The number of nitrogens with two attached hydrogens (primary N) is 2. The number of carboxylic acid groups (broad SMARTS) is 1. The number of alkyl halides is 3. The standard InChI is InChI=1S/C16H12F3N5O2.C2H5NO2/c17-16(18,19)11-3-1-9(2-4-11)7-24-8-12(22-23-24)10-5-13(25)14(15(20)26)21-6-10;3-1-2(4)5/h1-6,8,25H,7H2,(H2,20,26);1,3H2,(H,4,5). The average Bonchev–Trinajstić information content (AvgIpc) is 3.16. The van der Waals surface area contributed by atoms with Crippen LogP contribution in [-0.4, -0.2) is 48.6 Å². The summed E-state index contributed by atoms with van der Waals surface area (Å²) in [6.07, 6.45) is -1.53. The van der Waals surface area contributed by atoms with Crippen LogP contribution in [0.3, 0.4) is 0 Å². The van der Waals surface area contributed by atoms with Crippen LogP contribution in [0.2, 0.25) is 0 Å². The number of aliphatic carboxylic acids is 1. The number of aromatic hydroxyl groups is 1. The Bertz CT molecular complexity index is 1070. The molecule has 2 heterocycles. The predicted molar refractivity (Wildman–Crippen MR) is 101 cm³/mol. The highest BCUT2D eigenvalue weighted by Gasteiger charge is 2.29. The predicted octanol–water partition coefficient (Wildman–Crippen LogP) is 1.24. The summed E-state index contributed by atoms with van der Waals surface area (Å²) in [5, 5.41) is 25.2. The second-order valence-electron chi connectivity index (χ2n) is 6.05. The monoisotopic (exact) mass is 438 g/mol. The van der Waals surface area contributed by atoms with Gasteiger partial charge < -0.3 is 21.7 Å². The topological polar surface area (TPSA) is 170 Å². The second kappa shape index (κ2) is 9.67. The van der Waals surface area contributed by atoms with Gasteiger partial charge in [0.25, 0.3) is 5.91 Å². The van der Waals surface area contributed by atoms with Crippen molar-refractivity contribution < 1.29 is 33.0 Å². The Balaban J connectivity index is 0.000000614. The van der Waals surface area contributed by atoms with Gasteiger partial charge in [-0.15, -0.1) is 5.10 Å². The summed E-state index contributed by atoms with van der Waals surface area (Å²) < 4.78 is 39.1. The molecule has 0 unspecified atom stereocenters. The molecule has 6 N–H and O–H groups in total. The molecule has 0 radical (unpaired) electrons. The molecule has 31 heavy (non-hydrogen) atoms. The third-order valence-electron chi connectivity index (χ3n) is 3.74. The number of carbonyl (C=O) groups excluding carboxylic acids is 1. The summed E-state index contributed by atoms with van der Waals surface area (Å²) in [5.41, 5.74) is 10.0. The van der Waals surface area contributed by atoms with Gasteiger partial charge in [-0.3, -0.25) is 9.59 Å². The normalized spacial score (nSPS) is 10.8. The lowest BCUT2D eigenvalue weighted by Crippen LogP contribution is -2.13. The maximum atomic E-state index is 12.6. The number of halogens is 3. The van der Waals surface area contributed by atoms with Crippen molar-refractivity contribution in [2.24, 2.45) is 11.5 Å². The summed E-state index contributed by atoms with van der Waals surface area (Å²) >= 11 is 0. The van der Waals surface area contributed by atoms with Crippen molar-refractivity contribution in [1.82, 2.24) is 20.0 Å². The van der Waals surface area contributed by atoms with Crippen molar-refractivity contribution in [3.05, 3.63) is 59.5 Å². The van der Waals surface area contributed by atoms with Crippen molar-refractivity contribution in [3.63, 3.8) is 0 Å². The molecule has 3 aromatic rings. The molecule has 0 spiro atoms. The molecule has 2 aromatic heterocycles. The fourth-order valence-electron chi connectivity index (χ4n) is 2.28. The number of benzene rings is 1. The minimum Gasteiger partial charge on any atom is -0.505 e. The van der Waals surface area contributed by atoms with Gasteiger partial charge >= 0.3 is 12.1 Å². The second-order valence-corrected chi connectivity index (χ2v) is 6.05. The molecule has 3 rings (SSSR count). The van der Waals surface area contributed by atoms with Crippen LogP contribution in [0.4, 0.5) is 13.2 Å². The zero-order valence-electron chi connectivity index (χ0n) is 15.7. The van der Waals surface area contributed by atoms with Gasteiger partial charge in [0.1, 0.15) is 11.4 Å². The van der Waals surface area contributed by atoms with Crippen molar-refractivity contribution in [3.8, 4) is 17.0 Å². The van der Waals surface area contributed by atoms with Gasteiger partial charge in [0.05, 0.1) is 24.8 Å². The quantitative estimate of drug-likeness (QED) is 0.461. The van der Waals surface area contributed by atoms with Gasteiger partial charge in [-0.05, 0) is 23.8 Å². The van der Waals surface area contributed by atoms with Crippen LogP contribution in [0.5, 0.6) is 5.75 Å². The molecule has 13 heteroatoms. The Morgan fingerprint density at radius 1 is 1.16 bits per heavy atom. The van der Waals surface area contributed by atoms with E-state index >= 15 is 0 Å². The van der Waals surface area contributed by atoms with E-state index in [0.29, 0.717) is 16.8 Å². The first-order valence-corrected chi connectivity index (χ1v) is 8.48. The Kier molecular flexibility index (Phi) is 7.26. The lowest BCUT2D eigenvalue weighted by atomic mass is 10.1. The molecular formula is C18H17F3N6O4. The van der Waals surface area contributed by atoms with Crippen LogP contribution in [0.15, 0.2) is 42.7 Å². The number of nitrogens with zero attached hydrogens (tertiary/aromatic N) is 4. The lowest BCUT2D eigenvalue weighted by molar-refractivity contribution is -0.137. The van der Waals surface area contributed by atoms with Crippen LogP contribution < -0.4 is 11.5 Å². The van der Waals surface area contributed by atoms with E-state index in [-0.39, 0.29) is 24.5 Å². The van der Waals surface area contributed by atoms with Gasteiger partial charge in [0.2, 0.25) is 0 Å². The summed E-state index contributed by atoms with van der Waals surface area (Å²) in [6, 6.07) is 5.99. The first-order valence-electron chi connectivity index (χ1n) is 8.48.